The first-order valence-corrected chi connectivity index (χ1v) is 9.90. The summed E-state index contributed by atoms with van der Waals surface area (Å²) in [5.41, 5.74) is 2.16. The van der Waals surface area contributed by atoms with Gasteiger partial charge in [0, 0.05) is 0 Å². The second-order valence-electron chi connectivity index (χ2n) is 7.67. The molecule has 0 unspecified atom stereocenters. The second-order valence-corrected chi connectivity index (χ2v) is 7.67. The first-order chi connectivity index (χ1) is 13.9. The minimum absolute atomic E-state index is 0.00616. The maximum atomic E-state index is 12.5. The molecule has 2 N–H and O–H groups in total. The highest BCUT2D eigenvalue weighted by Crippen LogP contribution is 2.29. The van der Waals surface area contributed by atoms with E-state index in [-0.39, 0.29) is 25.2 Å². The van der Waals surface area contributed by atoms with Gasteiger partial charge in [0.1, 0.15) is 11.6 Å². The van der Waals surface area contributed by atoms with Crippen molar-refractivity contribution in [2.75, 3.05) is 13.2 Å². The molecule has 0 spiro atoms. The third kappa shape index (κ3) is 4.49. The summed E-state index contributed by atoms with van der Waals surface area (Å²) in [6.07, 6.45) is -0.848. The van der Waals surface area contributed by atoms with Crippen LogP contribution in [0.4, 0.5) is 4.79 Å². The van der Waals surface area contributed by atoms with Gasteiger partial charge in [-0.3, -0.25) is 9.69 Å². The number of nitrogens with one attached hydrogen (secondary N) is 1. The van der Waals surface area contributed by atoms with Crippen molar-refractivity contribution >= 4 is 11.9 Å². The van der Waals surface area contributed by atoms with Gasteiger partial charge in [0.15, 0.2) is 0 Å². The van der Waals surface area contributed by atoms with Crippen molar-refractivity contribution in [1.29, 1.82) is 0 Å². The van der Waals surface area contributed by atoms with Gasteiger partial charge in [-0.25, -0.2) is 4.79 Å². The molecule has 6 nitrogen and oxygen atoms in total. The Bertz CT molecular complexity index is 870. The maximum Gasteiger partial charge on any atom is 0.325 e. The molecule has 0 aliphatic carbocycles. The van der Waals surface area contributed by atoms with Crippen molar-refractivity contribution in [3.63, 3.8) is 0 Å². The molecule has 2 aromatic rings. The van der Waals surface area contributed by atoms with Crippen LogP contribution in [0, 0.1) is 6.92 Å². The number of rotatable bonds is 8. The number of benzene rings is 2. The molecule has 2 aromatic carbocycles. The predicted molar refractivity (Wildman–Crippen MR) is 110 cm³/mol. The molecule has 154 valence electrons. The smallest absolute Gasteiger partial charge is 0.325 e. The lowest BCUT2D eigenvalue weighted by Crippen LogP contribution is -2.44. The first kappa shape index (κ1) is 21.0. The van der Waals surface area contributed by atoms with Crippen LogP contribution in [0.1, 0.15) is 43.1 Å². The Labute approximate surface area is 171 Å². The molecule has 1 heterocycles. The quantitative estimate of drug-likeness (QED) is 0.672. The van der Waals surface area contributed by atoms with Crippen LogP contribution in [0.3, 0.4) is 0 Å². The topological polar surface area (TPSA) is 78.9 Å². The van der Waals surface area contributed by atoms with E-state index < -0.39 is 17.7 Å². The minimum Gasteiger partial charge on any atom is -0.389 e. The van der Waals surface area contributed by atoms with E-state index in [4.69, 9.17) is 4.74 Å². The fourth-order valence-corrected chi connectivity index (χ4v) is 3.50. The molecule has 0 saturated carbocycles. The van der Waals surface area contributed by atoms with Gasteiger partial charge in [-0.15, -0.1) is 0 Å². The summed E-state index contributed by atoms with van der Waals surface area (Å²) in [7, 11) is 0. The molecule has 3 amide bonds. The summed E-state index contributed by atoms with van der Waals surface area (Å²) >= 11 is 0. The molecule has 0 aromatic heterocycles. The zero-order valence-electron chi connectivity index (χ0n) is 17.1. The van der Waals surface area contributed by atoms with Crippen LogP contribution in [0.2, 0.25) is 0 Å². The van der Waals surface area contributed by atoms with Gasteiger partial charge < -0.3 is 15.2 Å². The molecule has 29 heavy (non-hydrogen) atoms. The van der Waals surface area contributed by atoms with Gasteiger partial charge in [0.05, 0.1) is 19.3 Å². The second kappa shape index (κ2) is 8.76. The van der Waals surface area contributed by atoms with Gasteiger partial charge in [-0.2, -0.15) is 0 Å². The van der Waals surface area contributed by atoms with Crippen molar-refractivity contribution in [3.05, 3.63) is 71.3 Å². The Morgan fingerprint density at radius 1 is 1.10 bits per heavy atom. The molecule has 1 fully saturated rings. The number of nitrogens with zero attached hydrogens (tertiary/aromatic N) is 1. The summed E-state index contributed by atoms with van der Waals surface area (Å²) in [6.45, 7) is 5.45. The number of hydrogen-bond acceptors (Lipinski definition) is 4. The lowest BCUT2D eigenvalue weighted by Gasteiger charge is -2.24. The number of amides is 3. The Balaban J connectivity index is 1.71. The molecular formula is C23H28N2O4. The van der Waals surface area contributed by atoms with Crippen LogP contribution < -0.4 is 5.32 Å². The molecule has 6 heteroatoms. The van der Waals surface area contributed by atoms with Gasteiger partial charge >= 0.3 is 6.03 Å². The van der Waals surface area contributed by atoms with Crippen LogP contribution >= 0.6 is 0 Å². The molecule has 0 radical (unpaired) electrons. The number of carbonyl (C=O) groups excluding carboxylic acids is 2. The van der Waals surface area contributed by atoms with E-state index in [1.807, 2.05) is 68.4 Å². The number of aliphatic hydroxyl groups is 1. The van der Waals surface area contributed by atoms with E-state index in [0.29, 0.717) is 6.42 Å². The van der Waals surface area contributed by atoms with Crippen LogP contribution in [-0.4, -0.2) is 46.7 Å². The monoisotopic (exact) mass is 396 g/mol. The fourth-order valence-electron chi connectivity index (χ4n) is 3.50. The molecule has 0 bridgehead atoms. The third-order valence-corrected chi connectivity index (χ3v) is 5.47. The average Bonchev–Trinajstić information content (AvgIpc) is 2.94. The summed E-state index contributed by atoms with van der Waals surface area (Å²) in [5.74, 6) is -0.317. The number of aryl methyl sites for hydroxylation is 1. The van der Waals surface area contributed by atoms with Gasteiger partial charge in [-0.05, 0) is 37.0 Å². The third-order valence-electron chi connectivity index (χ3n) is 5.47. The molecule has 1 aliphatic rings. The van der Waals surface area contributed by atoms with E-state index in [2.05, 4.69) is 5.32 Å². The van der Waals surface area contributed by atoms with Gasteiger partial charge in [0.2, 0.25) is 0 Å². The summed E-state index contributed by atoms with van der Waals surface area (Å²) in [5, 5.41) is 13.2. The highest BCUT2D eigenvalue weighted by molar-refractivity contribution is 6.06. The van der Waals surface area contributed by atoms with E-state index in [1.165, 1.54) is 0 Å². The summed E-state index contributed by atoms with van der Waals surface area (Å²) < 4.78 is 6.10. The maximum absolute atomic E-state index is 12.5. The van der Waals surface area contributed by atoms with E-state index in [9.17, 15) is 14.7 Å². The van der Waals surface area contributed by atoms with Crippen molar-refractivity contribution in [1.82, 2.24) is 10.2 Å². The highest BCUT2D eigenvalue weighted by Gasteiger charge is 2.46. The normalized spacial score (nSPS) is 21.2. The molecule has 3 rings (SSSR count). The molecule has 3 atom stereocenters. The SMILES string of the molecule is CC[C@]1(C)NC(=O)N(C[C@H](O)CO[C@@H](c2ccccc2)c2ccccc2C)C1=O. The molecule has 1 saturated heterocycles. The molecule has 1 aliphatic heterocycles. The van der Waals surface area contributed by atoms with Gasteiger partial charge in [0.25, 0.3) is 5.91 Å². The van der Waals surface area contributed by atoms with Crippen molar-refractivity contribution in [3.8, 4) is 0 Å². The average molecular weight is 396 g/mol. The number of β-amino-alcohol motifs (C(OH)–C–C–N with tert-alkyl or cyclic N) is 1. The first-order valence-electron chi connectivity index (χ1n) is 9.90. The van der Waals surface area contributed by atoms with Gasteiger partial charge in [-0.1, -0.05) is 61.5 Å². The van der Waals surface area contributed by atoms with Crippen LogP contribution in [0.15, 0.2) is 54.6 Å². The summed E-state index contributed by atoms with van der Waals surface area (Å²) in [4.78, 5) is 25.8. The number of aliphatic hydroxyl groups excluding tert-OH is 1. The largest absolute Gasteiger partial charge is 0.389 e. The standard InChI is InChI=1S/C23H28N2O4/c1-4-23(3)21(27)25(22(28)24-23)14-18(26)15-29-20(17-11-6-5-7-12-17)19-13-9-8-10-16(19)2/h5-13,18,20,26H,4,14-15H2,1-3H3,(H,24,28)/t18-,20-,23-/m0/s1. The van der Waals surface area contributed by atoms with E-state index >= 15 is 0 Å². The Hall–Kier alpha value is -2.70. The van der Waals surface area contributed by atoms with Crippen molar-refractivity contribution in [2.24, 2.45) is 0 Å². The lowest BCUT2D eigenvalue weighted by atomic mass is 9.97. The van der Waals surface area contributed by atoms with Crippen molar-refractivity contribution in [2.45, 2.75) is 44.9 Å². The number of ether oxygens (including phenoxy) is 1. The van der Waals surface area contributed by atoms with E-state index in [1.54, 1.807) is 6.92 Å². The zero-order chi connectivity index (χ0) is 21.0. The van der Waals surface area contributed by atoms with Crippen LogP contribution in [-0.2, 0) is 9.53 Å². The van der Waals surface area contributed by atoms with Crippen molar-refractivity contribution < 1.29 is 19.4 Å². The van der Waals surface area contributed by atoms with E-state index in [0.717, 1.165) is 21.6 Å². The van der Waals surface area contributed by atoms with Crippen LogP contribution in [0.5, 0.6) is 0 Å². The van der Waals surface area contributed by atoms with Crippen LogP contribution in [0.25, 0.3) is 0 Å². The number of imide groups is 1. The minimum atomic E-state index is -0.987. The summed E-state index contributed by atoms with van der Waals surface area (Å²) in [6, 6.07) is 17.3. The fraction of sp³-hybridized carbons (Fsp3) is 0.391. The highest BCUT2D eigenvalue weighted by atomic mass is 16.5. The zero-order valence-corrected chi connectivity index (χ0v) is 17.1. The molecular weight excluding hydrogens is 368 g/mol. The predicted octanol–water partition coefficient (Wildman–Crippen LogP) is 3.18. The Morgan fingerprint density at radius 2 is 1.76 bits per heavy atom. The Morgan fingerprint density at radius 3 is 2.38 bits per heavy atom. The number of hydrogen-bond donors (Lipinski definition) is 2. The lowest BCUT2D eigenvalue weighted by molar-refractivity contribution is -0.132. The number of carbonyl (C=O) groups is 2. The number of urea groups is 1. The Kier molecular flexibility index (Phi) is 6.35.